The van der Waals surface area contributed by atoms with Crippen molar-refractivity contribution in [3.8, 4) is 0 Å². The number of furan rings is 1. The molecule has 0 radical (unpaired) electrons. The van der Waals surface area contributed by atoms with Crippen LogP contribution in [0.2, 0.25) is 0 Å². The lowest BCUT2D eigenvalue weighted by Crippen LogP contribution is -2.10. The minimum atomic E-state index is -0.882. The van der Waals surface area contributed by atoms with Gasteiger partial charge in [-0.3, -0.25) is 0 Å². The molecule has 78 valence electrons. The molecule has 1 rings (SSSR count). The second-order valence-electron chi connectivity index (χ2n) is 2.86. The van der Waals surface area contributed by atoms with Gasteiger partial charge in [0.1, 0.15) is 23.2 Å². The first kappa shape index (κ1) is 10.7. The molecule has 0 aromatic carbocycles. The Hall–Kier alpha value is -1.33. The van der Waals surface area contributed by atoms with E-state index in [0.29, 0.717) is 11.3 Å². The van der Waals surface area contributed by atoms with Crippen LogP contribution in [0.3, 0.4) is 0 Å². The third-order valence-corrected chi connectivity index (χ3v) is 1.89. The number of rotatable bonds is 3. The van der Waals surface area contributed by atoms with Gasteiger partial charge in [-0.15, -0.1) is 0 Å². The zero-order chi connectivity index (χ0) is 10.7. The van der Waals surface area contributed by atoms with E-state index in [-0.39, 0.29) is 12.3 Å². The minimum absolute atomic E-state index is 0.0492. The van der Waals surface area contributed by atoms with Crippen molar-refractivity contribution in [1.82, 2.24) is 0 Å². The average Bonchev–Trinajstić information content (AvgIpc) is 2.58. The smallest absolute Gasteiger partial charge is 0.341 e. The van der Waals surface area contributed by atoms with Crippen LogP contribution in [0.1, 0.15) is 28.0 Å². The lowest BCUT2D eigenvalue weighted by atomic mass is 10.2. The molecule has 1 aromatic rings. The molecule has 0 aliphatic carbocycles. The van der Waals surface area contributed by atoms with Crippen LogP contribution >= 0.6 is 0 Å². The first-order valence-electron chi connectivity index (χ1n) is 4.17. The summed E-state index contributed by atoms with van der Waals surface area (Å²) in [6.45, 7) is 1.67. The van der Waals surface area contributed by atoms with Crippen molar-refractivity contribution in [3.63, 3.8) is 0 Å². The monoisotopic (exact) mass is 199 g/mol. The number of hydrogen-bond acceptors (Lipinski definition) is 5. The van der Waals surface area contributed by atoms with Gasteiger partial charge in [-0.25, -0.2) is 4.79 Å². The highest BCUT2D eigenvalue weighted by molar-refractivity contribution is 5.90. The number of hydrogen-bond donors (Lipinski definition) is 2. The van der Waals surface area contributed by atoms with Gasteiger partial charge in [0.25, 0.3) is 0 Å². The standard InChI is InChI=1S/C9H13NO4/c1-5-6(9(12)13-2)3-8(14-5)7(11)4-10/h3,7,11H,4,10H2,1-2H3. The Morgan fingerprint density at radius 2 is 2.43 bits per heavy atom. The topological polar surface area (TPSA) is 85.7 Å². The minimum Gasteiger partial charge on any atom is -0.465 e. The number of esters is 1. The van der Waals surface area contributed by atoms with Gasteiger partial charge >= 0.3 is 5.97 Å². The van der Waals surface area contributed by atoms with Crippen LogP contribution in [0.5, 0.6) is 0 Å². The highest BCUT2D eigenvalue weighted by Crippen LogP contribution is 2.20. The Morgan fingerprint density at radius 3 is 2.93 bits per heavy atom. The van der Waals surface area contributed by atoms with Gasteiger partial charge in [0.15, 0.2) is 0 Å². The lowest BCUT2D eigenvalue weighted by molar-refractivity contribution is 0.0599. The van der Waals surface area contributed by atoms with E-state index in [1.165, 1.54) is 13.2 Å². The fourth-order valence-corrected chi connectivity index (χ4v) is 1.10. The largest absolute Gasteiger partial charge is 0.465 e. The summed E-state index contributed by atoms with van der Waals surface area (Å²) in [5, 5.41) is 9.35. The van der Waals surface area contributed by atoms with Gasteiger partial charge < -0.3 is 20.0 Å². The fourth-order valence-electron chi connectivity index (χ4n) is 1.10. The van der Waals surface area contributed by atoms with Crippen molar-refractivity contribution in [2.45, 2.75) is 13.0 Å². The second-order valence-corrected chi connectivity index (χ2v) is 2.86. The molecule has 0 fully saturated rings. The third kappa shape index (κ3) is 1.94. The van der Waals surface area contributed by atoms with Crippen LogP contribution in [0.15, 0.2) is 10.5 Å². The maximum atomic E-state index is 11.2. The van der Waals surface area contributed by atoms with Crippen molar-refractivity contribution in [1.29, 1.82) is 0 Å². The van der Waals surface area contributed by atoms with E-state index in [9.17, 15) is 9.90 Å². The molecule has 1 heterocycles. The van der Waals surface area contributed by atoms with Crippen molar-refractivity contribution in [3.05, 3.63) is 23.2 Å². The Balaban J connectivity index is 2.98. The number of aliphatic hydroxyl groups excluding tert-OH is 1. The van der Waals surface area contributed by atoms with Crippen LogP contribution in [0.25, 0.3) is 0 Å². The predicted octanol–water partition coefficient (Wildman–Crippen LogP) is 0.367. The Kier molecular flexibility index (Phi) is 3.27. The fraction of sp³-hybridized carbons (Fsp3) is 0.444. The molecule has 3 N–H and O–H groups in total. The number of nitrogens with two attached hydrogens (primary N) is 1. The zero-order valence-electron chi connectivity index (χ0n) is 8.11. The molecule has 0 saturated heterocycles. The van der Waals surface area contributed by atoms with Gasteiger partial charge in [-0.05, 0) is 13.0 Å². The van der Waals surface area contributed by atoms with Crippen molar-refractivity contribution in [2.75, 3.05) is 13.7 Å². The molecule has 14 heavy (non-hydrogen) atoms. The molecule has 0 amide bonds. The van der Waals surface area contributed by atoms with E-state index in [2.05, 4.69) is 4.74 Å². The predicted molar refractivity (Wildman–Crippen MR) is 48.8 cm³/mol. The molecule has 0 aliphatic heterocycles. The highest BCUT2D eigenvalue weighted by Gasteiger charge is 2.18. The molecular weight excluding hydrogens is 186 g/mol. The zero-order valence-corrected chi connectivity index (χ0v) is 8.11. The van der Waals surface area contributed by atoms with Crippen LogP contribution in [-0.2, 0) is 4.74 Å². The molecule has 1 aromatic heterocycles. The van der Waals surface area contributed by atoms with Crippen molar-refractivity contribution < 1.29 is 19.1 Å². The lowest BCUT2D eigenvalue weighted by Gasteiger charge is -2.01. The number of carbonyl (C=O) groups excluding carboxylic acids is 1. The SMILES string of the molecule is COC(=O)c1cc(C(O)CN)oc1C. The van der Waals surface area contributed by atoms with E-state index >= 15 is 0 Å². The van der Waals surface area contributed by atoms with E-state index < -0.39 is 12.1 Å². The van der Waals surface area contributed by atoms with E-state index in [1.807, 2.05) is 0 Å². The number of ether oxygens (including phenoxy) is 1. The normalized spacial score (nSPS) is 12.6. The highest BCUT2D eigenvalue weighted by atomic mass is 16.5. The van der Waals surface area contributed by atoms with E-state index in [1.54, 1.807) is 6.92 Å². The van der Waals surface area contributed by atoms with Crippen molar-refractivity contribution in [2.24, 2.45) is 5.73 Å². The molecular formula is C9H13NO4. The van der Waals surface area contributed by atoms with Gasteiger partial charge in [0.05, 0.1) is 7.11 Å². The molecule has 0 bridgehead atoms. The molecule has 5 heteroatoms. The summed E-state index contributed by atoms with van der Waals surface area (Å²) < 4.78 is 9.69. The number of aliphatic hydroxyl groups is 1. The van der Waals surface area contributed by atoms with Gasteiger partial charge in [-0.2, -0.15) is 0 Å². The van der Waals surface area contributed by atoms with E-state index in [0.717, 1.165) is 0 Å². The quantitative estimate of drug-likeness (QED) is 0.687. The van der Waals surface area contributed by atoms with Gasteiger partial charge in [0.2, 0.25) is 0 Å². The number of methoxy groups -OCH3 is 1. The molecule has 0 spiro atoms. The summed E-state index contributed by atoms with van der Waals surface area (Å²) >= 11 is 0. The molecule has 1 atom stereocenters. The van der Waals surface area contributed by atoms with Gasteiger partial charge in [-0.1, -0.05) is 0 Å². The third-order valence-electron chi connectivity index (χ3n) is 1.89. The van der Waals surface area contributed by atoms with Crippen molar-refractivity contribution >= 4 is 5.97 Å². The first-order chi connectivity index (χ1) is 6.60. The Labute approximate surface area is 81.5 Å². The van der Waals surface area contributed by atoms with Crippen LogP contribution < -0.4 is 5.73 Å². The summed E-state index contributed by atoms with van der Waals surface area (Å²) in [5.41, 5.74) is 5.56. The average molecular weight is 199 g/mol. The molecule has 1 unspecified atom stereocenters. The number of aryl methyl sites for hydroxylation is 1. The van der Waals surface area contributed by atoms with Crippen LogP contribution in [0.4, 0.5) is 0 Å². The second kappa shape index (κ2) is 4.26. The summed E-state index contributed by atoms with van der Waals surface area (Å²) in [4.78, 5) is 11.2. The van der Waals surface area contributed by atoms with Gasteiger partial charge in [0, 0.05) is 6.54 Å². The molecule has 0 aliphatic rings. The maximum absolute atomic E-state index is 11.2. The summed E-state index contributed by atoms with van der Waals surface area (Å²) in [7, 11) is 1.29. The van der Waals surface area contributed by atoms with Crippen LogP contribution in [0, 0.1) is 6.92 Å². The van der Waals surface area contributed by atoms with Crippen LogP contribution in [-0.4, -0.2) is 24.7 Å². The van der Waals surface area contributed by atoms with E-state index in [4.69, 9.17) is 10.2 Å². The molecule has 0 saturated carbocycles. The summed E-state index contributed by atoms with van der Waals surface area (Å²) in [6.07, 6.45) is -0.882. The molecule has 5 nitrogen and oxygen atoms in total. The first-order valence-corrected chi connectivity index (χ1v) is 4.17. The Morgan fingerprint density at radius 1 is 1.79 bits per heavy atom. The summed E-state index contributed by atoms with van der Waals surface area (Å²) in [6, 6.07) is 1.44. The maximum Gasteiger partial charge on any atom is 0.341 e. The number of carbonyl (C=O) groups is 1. The Bertz CT molecular complexity index is 332. The summed E-state index contributed by atoms with van der Waals surface area (Å²) in [5.74, 6) is 0.214.